The van der Waals surface area contributed by atoms with Crippen LogP contribution in [0.3, 0.4) is 0 Å². The number of benzene rings is 1. The largest absolute Gasteiger partial charge is 0.381 e. The molecule has 1 aliphatic rings. The van der Waals surface area contributed by atoms with Gasteiger partial charge in [-0.05, 0) is 37.5 Å². The van der Waals surface area contributed by atoms with Crippen LogP contribution in [-0.4, -0.2) is 37.1 Å². The summed E-state index contributed by atoms with van der Waals surface area (Å²) in [6.45, 7) is 3.54. The molecule has 0 unspecified atom stereocenters. The summed E-state index contributed by atoms with van der Waals surface area (Å²) < 4.78 is 6.27. The van der Waals surface area contributed by atoms with Crippen LogP contribution in [0.15, 0.2) is 22.7 Å². The van der Waals surface area contributed by atoms with Crippen LogP contribution in [0.4, 0.5) is 0 Å². The fourth-order valence-corrected chi connectivity index (χ4v) is 2.65. The summed E-state index contributed by atoms with van der Waals surface area (Å²) in [4.78, 5) is 14.4. The van der Waals surface area contributed by atoms with Gasteiger partial charge in [0.05, 0.1) is 6.10 Å². The maximum absolute atomic E-state index is 12.4. The minimum Gasteiger partial charge on any atom is -0.381 e. The van der Waals surface area contributed by atoms with E-state index in [0.717, 1.165) is 41.5 Å². The van der Waals surface area contributed by atoms with Gasteiger partial charge in [0.25, 0.3) is 5.91 Å². The molecule has 4 heteroatoms. The summed E-state index contributed by atoms with van der Waals surface area (Å²) in [5, 5.41) is 0. The number of carbonyl (C=O) groups excluding carboxylic acids is 1. The molecule has 1 saturated heterocycles. The molecule has 1 heterocycles. The Morgan fingerprint density at radius 3 is 2.67 bits per heavy atom. The number of likely N-dealkylation sites (tertiary alicyclic amines) is 1. The molecule has 0 atom stereocenters. The summed E-state index contributed by atoms with van der Waals surface area (Å²) in [5.74, 6) is 0.128. The van der Waals surface area contributed by atoms with E-state index in [4.69, 9.17) is 4.74 Å². The first kappa shape index (κ1) is 13.6. The van der Waals surface area contributed by atoms with Gasteiger partial charge in [0.1, 0.15) is 0 Å². The standard InChI is InChI=1S/C14H18BrNO2/c1-10-3-4-11(15)9-13(10)14(17)16-7-5-12(18-2)6-8-16/h3-4,9,12H,5-8H2,1-2H3. The summed E-state index contributed by atoms with van der Waals surface area (Å²) in [6.07, 6.45) is 2.16. The number of hydrogen-bond acceptors (Lipinski definition) is 2. The van der Waals surface area contributed by atoms with Gasteiger partial charge in [-0.2, -0.15) is 0 Å². The Hall–Kier alpha value is -0.870. The van der Waals surface area contributed by atoms with Gasteiger partial charge in [0, 0.05) is 30.2 Å². The molecule has 0 spiro atoms. The van der Waals surface area contributed by atoms with Crippen molar-refractivity contribution in [1.82, 2.24) is 4.90 Å². The smallest absolute Gasteiger partial charge is 0.254 e. The Balaban J connectivity index is 2.10. The van der Waals surface area contributed by atoms with Crippen molar-refractivity contribution in [3.63, 3.8) is 0 Å². The van der Waals surface area contributed by atoms with Crippen molar-refractivity contribution in [1.29, 1.82) is 0 Å². The van der Waals surface area contributed by atoms with Crippen LogP contribution in [-0.2, 0) is 4.74 Å². The zero-order chi connectivity index (χ0) is 13.1. The van der Waals surface area contributed by atoms with Crippen molar-refractivity contribution >= 4 is 21.8 Å². The molecule has 1 aromatic carbocycles. The summed E-state index contributed by atoms with van der Waals surface area (Å²) >= 11 is 3.42. The molecule has 1 fully saturated rings. The van der Waals surface area contributed by atoms with E-state index in [9.17, 15) is 4.79 Å². The highest BCUT2D eigenvalue weighted by Gasteiger charge is 2.24. The monoisotopic (exact) mass is 311 g/mol. The molecular weight excluding hydrogens is 294 g/mol. The molecule has 0 aliphatic carbocycles. The SMILES string of the molecule is COC1CCN(C(=O)c2cc(Br)ccc2C)CC1. The number of piperidine rings is 1. The molecule has 0 bridgehead atoms. The first-order valence-corrected chi connectivity index (χ1v) is 6.99. The third kappa shape index (κ3) is 2.93. The van der Waals surface area contributed by atoms with Gasteiger partial charge in [0.15, 0.2) is 0 Å². The van der Waals surface area contributed by atoms with E-state index in [1.165, 1.54) is 0 Å². The van der Waals surface area contributed by atoms with Crippen molar-refractivity contribution in [3.05, 3.63) is 33.8 Å². The van der Waals surface area contributed by atoms with Crippen LogP contribution < -0.4 is 0 Å². The lowest BCUT2D eigenvalue weighted by Gasteiger charge is -2.31. The number of ether oxygens (including phenoxy) is 1. The molecule has 2 rings (SSSR count). The fourth-order valence-electron chi connectivity index (χ4n) is 2.29. The molecule has 1 amide bonds. The molecule has 1 aliphatic heterocycles. The minimum absolute atomic E-state index is 0.128. The molecule has 0 N–H and O–H groups in total. The van der Waals surface area contributed by atoms with Crippen molar-refractivity contribution in [2.75, 3.05) is 20.2 Å². The summed E-state index contributed by atoms with van der Waals surface area (Å²) in [7, 11) is 1.74. The number of hydrogen-bond donors (Lipinski definition) is 0. The Kier molecular flexibility index (Phi) is 4.40. The Labute approximate surface area is 116 Å². The van der Waals surface area contributed by atoms with Gasteiger partial charge in [-0.15, -0.1) is 0 Å². The Morgan fingerprint density at radius 1 is 1.39 bits per heavy atom. The Morgan fingerprint density at radius 2 is 2.06 bits per heavy atom. The third-order valence-electron chi connectivity index (χ3n) is 3.49. The highest BCUT2D eigenvalue weighted by atomic mass is 79.9. The summed E-state index contributed by atoms with van der Waals surface area (Å²) in [5.41, 5.74) is 1.82. The van der Waals surface area contributed by atoms with E-state index < -0.39 is 0 Å². The molecule has 1 aromatic rings. The van der Waals surface area contributed by atoms with Gasteiger partial charge in [0.2, 0.25) is 0 Å². The van der Waals surface area contributed by atoms with Gasteiger partial charge in [-0.25, -0.2) is 0 Å². The van der Waals surface area contributed by atoms with Crippen LogP contribution in [0.2, 0.25) is 0 Å². The maximum Gasteiger partial charge on any atom is 0.254 e. The van der Waals surface area contributed by atoms with Crippen LogP contribution in [0.25, 0.3) is 0 Å². The molecule has 98 valence electrons. The lowest BCUT2D eigenvalue weighted by Crippen LogP contribution is -2.40. The first-order valence-electron chi connectivity index (χ1n) is 6.20. The van der Waals surface area contributed by atoms with E-state index >= 15 is 0 Å². The van der Waals surface area contributed by atoms with Crippen molar-refractivity contribution in [3.8, 4) is 0 Å². The quantitative estimate of drug-likeness (QED) is 0.840. The van der Waals surface area contributed by atoms with Crippen molar-refractivity contribution in [2.24, 2.45) is 0 Å². The van der Waals surface area contributed by atoms with Crippen LogP contribution in [0.5, 0.6) is 0 Å². The van der Waals surface area contributed by atoms with Crippen molar-refractivity contribution < 1.29 is 9.53 Å². The van der Waals surface area contributed by atoms with Crippen LogP contribution in [0.1, 0.15) is 28.8 Å². The molecule has 18 heavy (non-hydrogen) atoms. The van der Waals surface area contributed by atoms with E-state index in [1.807, 2.05) is 30.0 Å². The van der Waals surface area contributed by atoms with E-state index in [1.54, 1.807) is 7.11 Å². The first-order chi connectivity index (χ1) is 8.61. The highest BCUT2D eigenvalue weighted by molar-refractivity contribution is 9.10. The molecule has 0 saturated carbocycles. The van der Waals surface area contributed by atoms with Gasteiger partial charge in [-0.3, -0.25) is 4.79 Å². The van der Waals surface area contributed by atoms with Crippen LogP contribution >= 0.6 is 15.9 Å². The average Bonchev–Trinajstić information content (AvgIpc) is 2.41. The minimum atomic E-state index is 0.128. The van der Waals surface area contributed by atoms with Gasteiger partial charge >= 0.3 is 0 Å². The highest BCUT2D eigenvalue weighted by Crippen LogP contribution is 2.20. The molecule has 0 radical (unpaired) electrons. The van der Waals surface area contributed by atoms with Crippen molar-refractivity contribution in [2.45, 2.75) is 25.9 Å². The average molecular weight is 312 g/mol. The normalized spacial score (nSPS) is 16.9. The van der Waals surface area contributed by atoms with E-state index in [0.29, 0.717) is 6.10 Å². The predicted octanol–water partition coefficient (Wildman–Crippen LogP) is 3.01. The predicted molar refractivity (Wildman–Crippen MR) is 74.8 cm³/mol. The number of halogens is 1. The molecule has 3 nitrogen and oxygen atoms in total. The second-order valence-corrected chi connectivity index (χ2v) is 5.60. The van der Waals surface area contributed by atoms with E-state index in [2.05, 4.69) is 15.9 Å². The summed E-state index contributed by atoms with van der Waals surface area (Å²) in [6, 6.07) is 5.84. The topological polar surface area (TPSA) is 29.5 Å². The Bertz CT molecular complexity index is 439. The second-order valence-electron chi connectivity index (χ2n) is 4.69. The fraction of sp³-hybridized carbons (Fsp3) is 0.500. The van der Waals surface area contributed by atoms with E-state index in [-0.39, 0.29) is 5.91 Å². The zero-order valence-electron chi connectivity index (χ0n) is 10.8. The lowest BCUT2D eigenvalue weighted by molar-refractivity contribution is 0.0350. The number of methoxy groups -OCH3 is 1. The zero-order valence-corrected chi connectivity index (χ0v) is 12.4. The number of nitrogens with zero attached hydrogens (tertiary/aromatic N) is 1. The molecular formula is C14H18BrNO2. The van der Waals surface area contributed by atoms with Gasteiger partial charge in [-0.1, -0.05) is 22.0 Å². The maximum atomic E-state index is 12.4. The number of rotatable bonds is 2. The third-order valence-corrected chi connectivity index (χ3v) is 3.99. The number of carbonyl (C=O) groups is 1. The second kappa shape index (κ2) is 5.85. The van der Waals surface area contributed by atoms with Gasteiger partial charge < -0.3 is 9.64 Å². The van der Waals surface area contributed by atoms with Crippen LogP contribution in [0, 0.1) is 6.92 Å². The number of amides is 1. The number of aryl methyl sites for hydroxylation is 1. The molecule has 0 aromatic heterocycles. The lowest BCUT2D eigenvalue weighted by atomic mass is 10.0.